The summed E-state index contributed by atoms with van der Waals surface area (Å²) >= 11 is 0. The summed E-state index contributed by atoms with van der Waals surface area (Å²) < 4.78 is 109. The van der Waals surface area contributed by atoms with Crippen LogP contribution in [0.25, 0.3) is 0 Å². The molecule has 0 radical (unpaired) electrons. The molecule has 16 heavy (non-hydrogen) atoms. The van der Waals surface area contributed by atoms with Crippen molar-refractivity contribution in [3.05, 3.63) is 0 Å². The molecule has 0 N–H and O–H groups in total. The lowest BCUT2D eigenvalue weighted by Gasteiger charge is -2.35. The van der Waals surface area contributed by atoms with Gasteiger partial charge in [0.1, 0.15) is 6.42 Å². The van der Waals surface area contributed by atoms with E-state index in [0.29, 0.717) is 0 Å². The topological polar surface area (TPSA) is 0 Å². The van der Waals surface area contributed by atoms with E-state index in [0.717, 1.165) is 0 Å². The molecule has 0 aliphatic heterocycles. The monoisotopic (exact) mass is 262 g/mol. The summed E-state index contributed by atoms with van der Waals surface area (Å²) in [5, 5.41) is 0. The Morgan fingerprint density at radius 3 is 1.38 bits per heavy atom. The molecular formula is C7H7F9. The SMILES string of the molecule is CC(F)(C(F)(F)CF)C(F)(F)CC(F)(F)F. The van der Waals surface area contributed by atoms with Gasteiger partial charge in [0.05, 0.1) is 0 Å². The van der Waals surface area contributed by atoms with Crippen LogP contribution in [0.5, 0.6) is 0 Å². The Labute approximate surface area is 84.4 Å². The van der Waals surface area contributed by atoms with Crippen molar-refractivity contribution in [1.82, 2.24) is 0 Å². The highest BCUT2D eigenvalue weighted by Crippen LogP contribution is 2.48. The molecule has 1 unspecified atom stereocenters. The molecule has 0 saturated carbocycles. The van der Waals surface area contributed by atoms with Crippen LogP contribution in [-0.2, 0) is 0 Å². The number of rotatable bonds is 4. The lowest BCUT2D eigenvalue weighted by atomic mass is 9.90. The van der Waals surface area contributed by atoms with Crippen molar-refractivity contribution in [2.45, 2.75) is 37.0 Å². The van der Waals surface area contributed by atoms with Gasteiger partial charge in [-0.15, -0.1) is 0 Å². The van der Waals surface area contributed by atoms with Crippen molar-refractivity contribution >= 4 is 0 Å². The highest BCUT2D eigenvalue weighted by atomic mass is 19.4. The summed E-state index contributed by atoms with van der Waals surface area (Å²) in [6.07, 6.45) is -8.62. The van der Waals surface area contributed by atoms with Gasteiger partial charge in [-0.1, -0.05) is 0 Å². The second kappa shape index (κ2) is 3.99. The van der Waals surface area contributed by atoms with E-state index in [1.807, 2.05) is 0 Å². The van der Waals surface area contributed by atoms with Crippen LogP contribution in [0, 0.1) is 0 Å². The zero-order chi connectivity index (χ0) is 13.4. The van der Waals surface area contributed by atoms with Gasteiger partial charge in [-0.25, -0.2) is 17.6 Å². The zero-order valence-electron chi connectivity index (χ0n) is 7.82. The molecule has 9 heteroatoms. The maximum atomic E-state index is 12.9. The van der Waals surface area contributed by atoms with Crippen molar-refractivity contribution < 1.29 is 39.5 Å². The Morgan fingerprint density at radius 1 is 0.750 bits per heavy atom. The molecule has 0 spiro atoms. The van der Waals surface area contributed by atoms with Gasteiger partial charge in [-0.3, -0.25) is 0 Å². The molecule has 0 aromatic heterocycles. The summed E-state index contributed by atoms with van der Waals surface area (Å²) in [4.78, 5) is 0. The van der Waals surface area contributed by atoms with E-state index in [2.05, 4.69) is 0 Å². The highest BCUT2D eigenvalue weighted by molar-refractivity contribution is 5.01. The third-order valence-corrected chi connectivity index (χ3v) is 1.96. The van der Waals surface area contributed by atoms with Crippen LogP contribution in [0.3, 0.4) is 0 Å². The number of hydrogen-bond donors (Lipinski definition) is 0. The van der Waals surface area contributed by atoms with Crippen LogP contribution in [0.4, 0.5) is 39.5 Å². The minimum atomic E-state index is -5.54. The Morgan fingerprint density at radius 2 is 1.12 bits per heavy atom. The first-order chi connectivity index (χ1) is 6.77. The normalized spacial score (nSPS) is 18.4. The summed E-state index contributed by atoms with van der Waals surface area (Å²) in [5.74, 6) is -10.6. The highest BCUT2D eigenvalue weighted by Gasteiger charge is 2.68. The predicted molar refractivity (Wildman–Crippen MR) is 36.1 cm³/mol. The van der Waals surface area contributed by atoms with Crippen LogP contribution < -0.4 is 0 Å². The molecule has 0 bridgehead atoms. The van der Waals surface area contributed by atoms with Gasteiger partial charge in [0.25, 0.3) is 5.92 Å². The minimum absolute atomic E-state index is 0.460. The molecule has 0 saturated heterocycles. The van der Waals surface area contributed by atoms with Gasteiger partial charge in [-0.05, 0) is 6.92 Å². The summed E-state index contributed by atoms with van der Waals surface area (Å²) in [7, 11) is 0. The molecule has 0 fully saturated rings. The van der Waals surface area contributed by atoms with E-state index in [1.165, 1.54) is 0 Å². The predicted octanol–water partition coefficient (Wildman–Crippen LogP) is 3.91. The molecule has 0 amide bonds. The third kappa shape index (κ3) is 2.94. The van der Waals surface area contributed by atoms with E-state index in [-0.39, 0.29) is 0 Å². The van der Waals surface area contributed by atoms with Crippen LogP contribution in [0.15, 0.2) is 0 Å². The average molecular weight is 262 g/mol. The molecule has 0 heterocycles. The van der Waals surface area contributed by atoms with E-state index < -0.39 is 43.7 Å². The van der Waals surface area contributed by atoms with Crippen molar-refractivity contribution in [2.24, 2.45) is 0 Å². The zero-order valence-corrected chi connectivity index (χ0v) is 7.82. The largest absolute Gasteiger partial charge is 0.394 e. The Hall–Kier alpha value is -0.630. The van der Waals surface area contributed by atoms with Gasteiger partial charge in [-0.2, -0.15) is 22.0 Å². The maximum absolute atomic E-state index is 12.9. The molecule has 1 atom stereocenters. The molecule has 98 valence electrons. The Balaban J connectivity index is 5.14. The van der Waals surface area contributed by atoms with Crippen LogP contribution in [0.2, 0.25) is 0 Å². The number of halogens is 9. The fourth-order valence-electron chi connectivity index (χ4n) is 0.811. The first-order valence-corrected chi connectivity index (χ1v) is 3.84. The first-order valence-electron chi connectivity index (χ1n) is 3.84. The fourth-order valence-corrected chi connectivity index (χ4v) is 0.811. The molecular weight excluding hydrogens is 255 g/mol. The van der Waals surface area contributed by atoms with Crippen molar-refractivity contribution in [3.8, 4) is 0 Å². The Kier molecular flexibility index (Phi) is 3.83. The van der Waals surface area contributed by atoms with Crippen LogP contribution >= 0.6 is 0 Å². The van der Waals surface area contributed by atoms with Crippen molar-refractivity contribution in [1.29, 1.82) is 0 Å². The fraction of sp³-hybridized carbons (Fsp3) is 1.00. The smallest absolute Gasteiger partial charge is 0.244 e. The van der Waals surface area contributed by atoms with E-state index in [1.54, 1.807) is 0 Å². The van der Waals surface area contributed by atoms with Crippen LogP contribution in [0.1, 0.15) is 13.3 Å². The second-order valence-corrected chi connectivity index (χ2v) is 3.34. The minimum Gasteiger partial charge on any atom is -0.244 e. The third-order valence-electron chi connectivity index (χ3n) is 1.96. The van der Waals surface area contributed by atoms with E-state index >= 15 is 0 Å². The lowest BCUT2D eigenvalue weighted by molar-refractivity contribution is -0.278. The summed E-state index contributed by atoms with van der Waals surface area (Å²) in [5.41, 5.74) is -4.91. The van der Waals surface area contributed by atoms with Gasteiger partial charge in [0.2, 0.25) is 5.67 Å². The summed E-state index contributed by atoms with van der Waals surface area (Å²) in [6, 6.07) is 0. The van der Waals surface area contributed by atoms with Gasteiger partial charge in [0.15, 0.2) is 6.67 Å². The van der Waals surface area contributed by atoms with Crippen molar-refractivity contribution in [2.75, 3.05) is 6.67 Å². The lowest BCUT2D eigenvalue weighted by Crippen LogP contribution is -2.57. The first kappa shape index (κ1) is 15.4. The molecule has 0 aromatic carbocycles. The molecule has 0 nitrogen and oxygen atoms in total. The van der Waals surface area contributed by atoms with E-state index in [9.17, 15) is 39.5 Å². The quantitative estimate of drug-likeness (QED) is 0.674. The van der Waals surface area contributed by atoms with Gasteiger partial charge < -0.3 is 0 Å². The number of hydrogen-bond acceptors (Lipinski definition) is 0. The van der Waals surface area contributed by atoms with E-state index in [4.69, 9.17) is 0 Å². The standard InChI is InChI=1S/C7H7F9/c1-4(9,6(12,13)3-8)5(10,11)2-7(14,15)16/h2-3H2,1H3. The Bertz CT molecular complexity index is 239. The molecule has 0 rings (SSSR count). The van der Waals surface area contributed by atoms with Gasteiger partial charge in [0, 0.05) is 0 Å². The van der Waals surface area contributed by atoms with Crippen LogP contribution in [-0.4, -0.2) is 30.4 Å². The maximum Gasteiger partial charge on any atom is 0.394 e. The number of alkyl halides is 9. The summed E-state index contributed by atoms with van der Waals surface area (Å²) in [6.45, 7) is -3.27. The van der Waals surface area contributed by atoms with Gasteiger partial charge >= 0.3 is 12.1 Å². The molecule has 0 aliphatic rings. The second-order valence-electron chi connectivity index (χ2n) is 3.34. The molecule has 0 aliphatic carbocycles. The average Bonchev–Trinajstić information content (AvgIpc) is 1.99. The van der Waals surface area contributed by atoms with Crippen molar-refractivity contribution in [3.63, 3.8) is 0 Å². The molecule has 0 aromatic rings.